The van der Waals surface area contributed by atoms with Crippen LogP contribution in [0.3, 0.4) is 0 Å². The second-order valence-corrected chi connectivity index (χ2v) is 4.44. The second kappa shape index (κ2) is 5.65. The number of aromatic nitrogens is 1. The first-order chi connectivity index (χ1) is 8.72. The van der Waals surface area contributed by atoms with Gasteiger partial charge in [0.25, 0.3) is 0 Å². The van der Waals surface area contributed by atoms with Crippen molar-refractivity contribution >= 4 is 0 Å². The number of ether oxygens (including phenoxy) is 1. The van der Waals surface area contributed by atoms with Gasteiger partial charge < -0.3 is 9.84 Å². The van der Waals surface area contributed by atoms with Gasteiger partial charge in [-0.15, -0.1) is 0 Å². The van der Waals surface area contributed by atoms with Crippen LogP contribution in [-0.4, -0.2) is 10.1 Å². The number of aliphatic hydroxyl groups excluding tert-OH is 1. The van der Waals surface area contributed by atoms with Gasteiger partial charge in [-0.05, 0) is 23.6 Å². The van der Waals surface area contributed by atoms with Gasteiger partial charge >= 0.3 is 0 Å². The Labute approximate surface area is 107 Å². The van der Waals surface area contributed by atoms with E-state index >= 15 is 0 Å². The van der Waals surface area contributed by atoms with Crippen LogP contribution in [0.2, 0.25) is 0 Å². The van der Waals surface area contributed by atoms with Crippen LogP contribution in [0.4, 0.5) is 0 Å². The molecule has 0 spiro atoms. The molecule has 3 nitrogen and oxygen atoms in total. The van der Waals surface area contributed by atoms with Crippen LogP contribution in [0.25, 0.3) is 0 Å². The zero-order chi connectivity index (χ0) is 13.0. The summed E-state index contributed by atoms with van der Waals surface area (Å²) in [5, 5.41) is 9.27. The van der Waals surface area contributed by atoms with E-state index in [1.807, 2.05) is 18.2 Å². The third kappa shape index (κ3) is 2.68. The lowest BCUT2D eigenvalue weighted by atomic mass is 10.0. The highest BCUT2D eigenvalue weighted by atomic mass is 16.5. The monoisotopic (exact) mass is 243 g/mol. The van der Waals surface area contributed by atoms with E-state index in [0.29, 0.717) is 11.7 Å². The zero-order valence-corrected chi connectivity index (χ0v) is 10.6. The molecule has 1 aromatic heterocycles. The Morgan fingerprint density at radius 3 is 2.67 bits per heavy atom. The van der Waals surface area contributed by atoms with Gasteiger partial charge in [0.15, 0.2) is 5.75 Å². The van der Waals surface area contributed by atoms with Crippen molar-refractivity contribution in [3.8, 4) is 11.5 Å². The number of rotatable bonds is 4. The van der Waals surface area contributed by atoms with Crippen LogP contribution in [0.5, 0.6) is 11.5 Å². The standard InChI is InChI=1S/C15H17NO2/c1-11(2)13-5-3-4-6-14(13)18-15-9-16-8-7-12(15)10-17/h3-9,11,17H,10H2,1-2H3. The lowest BCUT2D eigenvalue weighted by Gasteiger charge is -2.14. The Morgan fingerprint density at radius 2 is 1.94 bits per heavy atom. The van der Waals surface area contributed by atoms with Crippen molar-refractivity contribution in [1.82, 2.24) is 4.98 Å². The van der Waals surface area contributed by atoms with Gasteiger partial charge in [-0.25, -0.2) is 0 Å². The maximum atomic E-state index is 9.27. The van der Waals surface area contributed by atoms with Crippen LogP contribution in [0, 0.1) is 0 Å². The fourth-order valence-corrected chi connectivity index (χ4v) is 1.80. The topological polar surface area (TPSA) is 42.4 Å². The Bertz CT molecular complexity index is 523. The fourth-order valence-electron chi connectivity index (χ4n) is 1.80. The molecule has 0 aliphatic heterocycles. The molecule has 1 aromatic carbocycles. The maximum absolute atomic E-state index is 9.27. The molecular formula is C15H17NO2. The summed E-state index contributed by atoms with van der Waals surface area (Å²) in [6, 6.07) is 9.68. The van der Waals surface area contributed by atoms with Gasteiger partial charge in [0.05, 0.1) is 12.8 Å². The highest BCUT2D eigenvalue weighted by Gasteiger charge is 2.10. The first-order valence-corrected chi connectivity index (χ1v) is 6.03. The summed E-state index contributed by atoms with van der Waals surface area (Å²) >= 11 is 0. The number of para-hydroxylation sites is 1. The Balaban J connectivity index is 2.34. The molecule has 0 atom stereocenters. The molecule has 0 unspecified atom stereocenters. The minimum Gasteiger partial charge on any atom is -0.455 e. The SMILES string of the molecule is CC(C)c1ccccc1Oc1cnccc1CO. The van der Waals surface area contributed by atoms with Crippen LogP contribution in [-0.2, 0) is 6.61 Å². The van der Waals surface area contributed by atoms with Crippen LogP contribution < -0.4 is 4.74 Å². The molecule has 0 amide bonds. The Morgan fingerprint density at radius 1 is 1.17 bits per heavy atom. The van der Waals surface area contributed by atoms with Crippen LogP contribution in [0.15, 0.2) is 42.7 Å². The molecule has 0 saturated carbocycles. The summed E-state index contributed by atoms with van der Waals surface area (Å²) in [5.41, 5.74) is 1.88. The van der Waals surface area contributed by atoms with Crippen LogP contribution in [0.1, 0.15) is 30.9 Å². The second-order valence-electron chi connectivity index (χ2n) is 4.44. The molecule has 0 aliphatic carbocycles. The summed E-state index contributed by atoms with van der Waals surface area (Å²) in [6.45, 7) is 4.19. The smallest absolute Gasteiger partial charge is 0.151 e. The first kappa shape index (κ1) is 12.6. The van der Waals surface area contributed by atoms with E-state index in [0.717, 1.165) is 16.9 Å². The Hall–Kier alpha value is -1.87. The molecule has 0 radical (unpaired) electrons. The summed E-state index contributed by atoms with van der Waals surface area (Å²) in [6.07, 6.45) is 3.27. The van der Waals surface area contributed by atoms with E-state index in [1.165, 1.54) is 0 Å². The predicted octanol–water partition coefficient (Wildman–Crippen LogP) is 3.49. The highest BCUT2D eigenvalue weighted by Crippen LogP contribution is 2.31. The van der Waals surface area contributed by atoms with Gasteiger partial charge in [-0.1, -0.05) is 32.0 Å². The van der Waals surface area contributed by atoms with Gasteiger partial charge in [0, 0.05) is 11.8 Å². The van der Waals surface area contributed by atoms with E-state index in [2.05, 4.69) is 24.9 Å². The van der Waals surface area contributed by atoms with Crippen molar-refractivity contribution in [3.05, 3.63) is 53.9 Å². The molecule has 0 aliphatic rings. The summed E-state index contributed by atoms with van der Waals surface area (Å²) in [5.74, 6) is 1.80. The quantitative estimate of drug-likeness (QED) is 0.893. The van der Waals surface area contributed by atoms with Crippen LogP contribution >= 0.6 is 0 Å². The lowest BCUT2D eigenvalue weighted by Crippen LogP contribution is -1.96. The summed E-state index contributed by atoms with van der Waals surface area (Å²) in [7, 11) is 0. The molecule has 0 bridgehead atoms. The molecule has 1 heterocycles. The molecule has 0 fully saturated rings. The number of hydrogen-bond acceptors (Lipinski definition) is 3. The molecule has 3 heteroatoms. The Kier molecular flexibility index (Phi) is 3.95. The van der Waals surface area contributed by atoms with Crippen molar-refractivity contribution in [2.45, 2.75) is 26.4 Å². The zero-order valence-electron chi connectivity index (χ0n) is 10.6. The molecule has 0 saturated heterocycles. The van der Waals surface area contributed by atoms with Gasteiger partial charge in [-0.3, -0.25) is 4.98 Å². The third-order valence-electron chi connectivity index (χ3n) is 2.80. The molecule has 1 N–H and O–H groups in total. The van der Waals surface area contributed by atoms with Gasteiger partial charge in [0.2, 0.25) is 0 Å². The summed E-state index contributed by atoms with van der Waals surface area (Å²) in [4.78, 5) is 4.03. The highest BCUT2D eigenvalue weighted by molar-refractivity contribution is 5.41. The number of nitrogens with zero attached hydrogens (tertiary/aromatic N) is 1. The van der Waals surface area contributed by atoms with E-state index in [1.54, 1.807) is 18.5 Å². The fraction of sp³-hybridized carbons (Fsp3) is 0.267. The van der Waals surface area contributed by atoms with Crippen molar-refractivity contribution < 1.29 is 9.84 Å². The van der Waals surface area contributed by atoms with E-state index < -0.39 is 0 Å². The number of pyridine rings is 1. The molecule has 94 valence electrons. The third-order valence-corrected chi connectivity index (χ3v) is 2.80. The van der Waals surface area contributed by atoms with E-state index in [-0.39, 0.29) is 6.61 Å². The minimum absolute atomic E-state index is 0.0539. The lowest BCUT2D eigenvalue weighted by molar-refractivity contribution is 0.276. The average Bonchev–Trinajstić information content (AvgIpc) is 2.40. The van der Waals surface area contributed by atoms with Crippen molar-refractivity contribution in [2.75, 3.05) is 0 Å². The first-order valence-electron chi connectivity index (χ1n) is 6.03. The van der Waals surface area contributed by atoms with E-state index in [4.69, 9.17) is 4.74 Å². The van der Waals surface area contributed by atoms with Crippen molar-refractivity contribution in [2.24, 2.45) is 0 Å². The van der Waals surface area contributed by atoms with E-state index in [9.17, 15) is 5.11 Å². The predicted molar refractivity (Wildman–Crippen MR) is 70.8 cm³/mol. The van der Waals surface area contributed by atoms with Gasteiger partial charge in [-0.2, -0.15) is 0 Å². The largest absolute Gasteiger partial charge is 0.455 e. The molecular weight excluding hydrogens is 226 g/mol. The molecule has 18 heavy (non-hydrogen) atoms. The maximum Gasteiger partial charge on any atom is 0.151 e. The van der Waals surface area contributed by atoms with Crippen molar-refractivity contribution in [3.63, 3.8) is 0 Å². The number of aliphatic hydroxyl groups is 1. The average molecular weight is 243 g/mol. The number of benzene rings is 1. The molecule has 2 rings (SSSR count). The number of hydrogen-bond donors (Lipinski definition) is 1. The minimum atomic E-state index is -0.0539. The normalized spacial score (nSPS) is 10.7. The van der Waals surface area contributed by atoms with Gasteiger partial charge in [0.1, 0.15) is 5.75 Å². The van der Waals surface area contributed by atoms with Crippen molar-refractivity contribution in [1.29, 1.82) is 0 Å². The summed E-state index contributed by atoms with van der Waals surface area (Å²) < 4.78 is 5.87. The molecule has 2 aromatic rings.